The van der Waals surface area contributed by atoms with Crippen molar-refractivity contribution in [2.45, 2.75) is 44.7 Å². The summed E-state index contributed by atoms with van der Waals surface area (Å²) in [6.45, 7) is 2.81. The standard InChI is InChI=1S/C16H19BrN2O/c1-2-15-9-19-16(20-15)10-18-14-7-12(8-14)11-4-3-5-13(17)6-11/h3-6,9,12,14,18H,2,7-8,10H2,1H3. The number of rotatable bonds is 5. The maximum Gasteiger partial charge on any atom is 0.208 e. The summed E-state index contributed by atoms with van der Waals surface area (Å²) in [4.78, 5) is 4.27. The maximum atomic E-state index is 5.60. The van der Waals surface area contributed by atoms with E-state index in [-0.39, 0.29) is 0 Å². The molecule has 0 aliphatic heterocycles. The molecule has 3 nitrogen and oxygen atoms in total. The van der Waals surface area contributed by atoms with Gasteiger partial charge in [0.05, 0.1) is 12.7 Å². The molecule has 0 spiro atoms. The predicted octanol–water partition coefficient (Wildman–Crippen LogP) is 4.04. The number of oxazole rings is 1. The Morgan fingerprint density at radius 1 is 1.40 bits per heavy atom. The van der Waals surface area contributed by atoms with E-state index in [0.717, 1.165) is 24.6 Å². The van der Waals surface area contributed by atoms with Crippen LogP contribution in [0.3, 0.4) is 0 Å². The minimum Gasteiger partial charge on any atom is -0.444 e. The summed E-state index contributed by atoms with van der Waals surface area (Å²) in [6, 6.07) is 9.21. The van der Waals surface area contributed by atoms with Crippen molar-refractivity contribution in [2.75, 3.05) is 0 Å². The van der Waals surface area contributed by atoms with Gasteiger partial charge in [-0.2, -0.15) is 0 Å². The van der Waals surface area contributed by atoms with Gasteiger partial charge in [0, 0.05) is 16.9 Å². The lowest BCUT2D eigenvalue weighted by Gasteiger charge is -2.36. The van der Waals surface area contributed by atoms with Crippen LogP contribution < -0.4 is 5.32 Å². The van der Waals surface area contributed by atoms with Gasteiger partial charge >= 0.3 is 0 Å². The minimum atomic E-state index is 0.580. The van der Waals surface area contributed by atoms with Crippen molar-refractivity contribution < 1.29 is 4.42 Å². The quantitative estimate of drug-likeness (QED) is 0.896. The Labute approximate surface area is 127 Å². The SMILES string of the molecule is CCc1cnc(CNC2CC(c3cccc(Br)c3)C2)o1. The van der Waals surface area contributed by atoms with Crippen LogP contribution in [0.4, 0.5) is 0 Å². The van der Waals surface area contributed by atoms with E-state index in [9.17, 15) is 0 Å². The number of nitrogens with one attached hydrogen (secondary N) is 1. The molecule has 1 heterocycles. The van der Waals surface area contributed by atoms with Crippen LogP contribution >= 0.6 is 15.9 Å². The molecule has 0 saturated heterocycles. The second-order valence-electron chi connectivity index (χ2n) is 5.38. The molecule has 1 aliphatic rings. The van der Waals surface area contributed by atoms with Crippen LogP contribution in [0, 0.1) is 0 Å². The normalized spacial score (nSPS) is 21.7. The summed E-state index contributed by atoms with van der Waals surface area (Å²) in [5, 5.41) is 3.52. The van der Waals surface area contributed by atoms with Crippen molar-refractivity contribution >= 4 is 15.9 Å². The molecule has 1 fully saturated rings. The van der Waals surface area contributed by atoms with Gasteiger partial charge in [-0.05, 0) is 36.5 Å². The van der Waals surface area contributed by atoms with E-state index in [2.05, 4.69) is 57.4 Å². The zero-order valence-electron chi connectivity index (χ0n) is 11.6. The van der Waals surface area contributed by atoms with E-state index in [1.54, 1.807) is 0 Å². The lowest BCUT2D eigenvalue weighted by atomic mass is 9.76. The Morgan fingerprint density at radius 2 is 2.25 bits per heavy atom. The van der Waals surface area contributed by atoms with E-state index in [1.165, 1.54) is 22.9 Å². The first kappa shape index (κ1) is 13.8. The highest BCUT2D eigenvalue weighted by molar-refractivity contribution is 9.10. The summed E-state index contributed by atoms with van der Waals surface area (Å²) in [5.74, 6) is 2.44. The number of aromatic nitrogens is 1. The van der Waals surface area contributed by atoms with Crippen LogP contribution in [0.5, 0.6) is 0 Å². The van der Waals surface area contributed by atoms with Gasteiger partial charge in [0.1, 0.15) is 5.76 Å². The Morgan fingerprint density at radius 3 is 2.95 bits per heavy atom. The molecule has 1 N–H and O–H groups in total. The van der Waals surface area contributed by atoms with Crippen LogP contribution in [0.2, 0.25) is 0 Å². The lowest BCUT2D eigenvalue weighted by Crippen LogP contribution is -2.39. The van der Waals surface area contributed by atoms with E-state index in [1.807, 2.05) is 6.20 Å². The third-order valence-corrected chi connectivity index (χ3v) is 4.44. The molecular formula is C16H19BrN2O. The van der Waals surface area contributed by atoms with Crippen LogP contribution in [0.25, 0.3) is 0 Å². The van der Waals surface area contributed by atoms with Crippen molar-refractivity contribution in [1.82, 2.24) is 10.3 Å². The maximum absolute atomic E-state index is 5.60. The van der Waals surface area contributed by atoms with Gasteiger partial charge in [-0.1, -0.05) is 35.0 Å². The third kappa shape index (κ3) is 3.13. The summed E-state index contributed by atoms with van der Waals surface area (Å²) >= 11 is 3.53. The highest BCUT2D eigenvalue weighted by atomic mass is 79.9. The molecule has 0 radical (unpaired) electrons. The van der Waals surface area contributed by atoms with Gasteiger partial charge in [0.25, 0.3) is 0 Å². The minimum absolute atomic E-state index is 0.580. The summed E-state index contributed by atoms with van der Waals surface area (Å²) in [7, 11) is 0. The van der Waals surface area contributed by atoms with E-state index in [4.69, 9.17) is 4.42 Å². The second kappa shape index (κ2) is 6.10. The zero-order chi connectivity index (χ0) is 13.9. The molecule has 3 rings (SSSR count). The van der Waals surface area contributed by atoms with Gasteiger partial charge in [-0.15, -0.1) is 0 Å². The smallest absolute Gasteiger partial charge is 0.208 e. The first-order valence-corrected chi connectivity index (χ1v) is 7.96. The lowest BCUT2D eigenvalue weighted by molar-refractivity contribution is 0.278. The van der Waals surface area contributed by atoms with Crippen molar-refractivity contribution in [3.63, 3.8) is 0 Å². The molecule has 106 valence electrons. The molecule has 2 aromatic rings. The van der Waals surface area contributed by atoms with Gasteiger partial charge in [0.2, 0.25) is 5.89 Å². The molecule has 0 atom stereocenters. The fraction of sp³-hybridized carbons (Fsp3) is 0.438. The Bertz CT molecular complexity index is 575. The summed E-state index contributed by atoms with van der Waals surface area (Å²) in [5.41, 5.74) is 1.43. The molecule has 20 heavy (non-hydrogen) atoms. The molecule has 0 bridgehead atoms. The van der Waals surface area contributed by atoms with E-state index in [0.29, 0.717) is 12.0 Å². The van der Waals surface area contributed by atoms with Crippen molar-refractivity contribution in [2.24, 2.45) is 0 Å². The van der Waals surface area contributed by atoms with E-state index < -0.39 is 0 Å². The van der Waals surface area contributed by atoms with Crippen LogP contribution in [-0.2, 0) is 13.0 Å². The first-order valence-electron chi connectivity index (χ1n) is 7.17. The average molecular weight is 335 g/mol. The number of hydrogen-bond donors (Lipinski definition) is 1. The number of benzene rings is 1. The highest BCUT2D eigenvalue weighted by Gasteiger charge is 2.30. The zero-order valence-corrected chi connectivity index (χ0v) is 13.2. The van der Waals surface area contributed by atoms with Crippen LogP contribution in [-0.4, -0.2) is 11.0 Å². The number of aryl methyl sites for hydroxylation is 1. The van der Waals surface area contributed by atoms with E-state index >= 15 is 0 Å². The van der Waals surface area contributed by atoms with Gasteiger partial charge in [0.15, 0.2) is 0 Å². The number of hydrogen-bond acceptors (Lipinski definition) is 3. The summed E-state index contributed by atoms with van der Waals surface area (Å²) < 4.78 is 6.76. The Kier molecular flexibility index (Phi) is 4.22. The first-order chi connectivity index (χ1) is 9.74. The molecule has 1 aliphatic carbocycles. The largest absolute Gasteiger partial charge is 0.444 e. The van der Waals surface area contributed by atoms with Crippen molar-refractivity contribution in [1.29, 1.82) is 0 Å². The predicted molar refractivity (Wildman–Crippen MR) is 82.6 cm³/mol. The van der Waals surface area contributed by atoms with Crippen LogP contribution in [0.15, 0.2) is 39.4 Å². The number of nitrogens with zero attached hydrogens (tertiary/aromatic N) is 1. The topological polar surface area (TPSA) is 38.1 Å². The molecule has 4 heteroatoms. The van der Waals surface area contributed by atoms with Crippen LogP contribution in [0.1, 0.15) is 42.9 Å². The molecule has 1 aromatic carbocycles. The second-order valence-corrected chi connectivity index (χ2v) is 6.29. The molecule has 1 saturated carbocycles. The Hall–Kier alpha value is -1.13. The van der Waals surface area contributed by atoms with Crippen molar-refractivity contribution in [3.8, 4) is 0 Å². The van der Waals surface area contributed by atoms with Gasteiger partial charge < -0.3 is 9.73 Å². The molecule has 1 aromatic heterocycles. The molecule has 0 unspecified atom stereocenters. The highest BCUT2D eigenvalue weighted by Crippen LogP contribution is 2.37. The average Bonchev–Trinajstić information content (AvgIpc) is 2.85. The summed E-state index contributed by atoms with van der Waals surface area (Å²) in [6.07, 6.45) is 5.11. The molecular weight excluding hydrogens is 316 g/mol. The van der Waals surface area contributed by atoms with Gasteiger partial charge in [-0.3, -0.25) is 0 Å². The van der Waals surface area contributed by atoms with Gasteiger partial charge in [-0.25, -0.2) is 4.98 Å². The number of halogens is 1. The third-order valence-electron chi connectivity index (χ3n) is 3.95. The fourth-order valence-corrected chi connectivity index (χ4v) is 3.06. The monoisotopic (exact) mass is 334 g/mol. The Balaban J connectivity index is 1.46. The van der Waals surface area contributed by atoms with Crippen molar-refractivity contribution in [3.05, 3.63) is 52.1 Å². The fourth-order valence-electron chi connectivity index (χ4n) is 2.64. The molecule has 0 amide bonds.